The Morgan fingerprint density at radius 2 is 2.15 bits per heavy atom. The first-order chi connectivity index (χ1) is 9.56. The quantitative estimate of drug-likeness (QED) is 0.768. The van der Waals surface area contributed by atoms with Crippen LogP contribution in [0.1, 0.15) is 43.9 Å². The molecule has 0 unspecified atom stereocenters. The summed E-state index contributed by atoms with van der Waals surface area (Å²) in [5, 5.41) is 5.41. The molecule has 0 aliphatic heterocycles. The molecule has 0 amide bonds. The number of fused-ring (bicyclic) bond motifs is 1. The second-order valence-corrected chi connectivity index (χ2v) is 7.29. The van der Waals surface area contributed by atoms with Gasteiger partial charge in [-0.2, -0.15) is 0 Å². The lowest BCUT2D eigenvalue weighted by Gasteiger charge is -2.06. The summed E-state index contributed by atoms with van der Waals surface area (Å²) in [5.41, 5.74) is 2.29. The predicted octanol–water partition coefficient (Wildman–Crippen LogP) is 5.47. The Bertz CT molecular complexity index is 631. The van der Waals surface area contributed by atoms with Crippen molar-refractivity contribution in [1.29, 1.82) is 0 Å². The molecule has 0 saturated heterocycles. The molecule has 3 rings (SSSR count). The van der Waals surface area contributed by atoms with Crippen LogP contribution in [0.5, 0.6) is 0 Å². The number of furan rings is 1. The minimum absolute atomic E-state index is 0.643. The van der Waals surface area contributed by atoms with E-state index in [-0.39, 0.29) is 0 Å². The van der Waals surface area contributed by atoms with Crippen LogP contribution in [0.3, 0.4) is 0 Å². The topological polar surface area (TPSA) is 25.2 Å². The molecule has 108 valence electrons. The van der Waals surface area contributed by atoms with Crippen molar-refractivity contribution in [3.05, 3.63) is 33.0 Å². The molecular weight excluding hydrogens is 338 g/mol. The van der Waals surface area contributed by atoms with E-state index >= 15 is 0 Å². The maximum absolute atomic E-state index is 6.19. The molecule has 20 heavy (non-hydrogen) atoms. The molecule has 2 nitrogen and oxygen atoms in total. The molecule has 1 saturated carbocycles. The SMILES string of the molecule is CC(C)CNCc1oc2c(Br)cc(Cl)cc2c1C1CC1. The molecule has 0 atom stereocenters. The summed E-state index contributed by atoms with van der Waals surface area (Å²) >= 11 is 9.75. The van der Waals surface area contributed by atoms with Crippen LogP contribution in [0, 0.1) is 5.92 Å². The number of nitrogens with one attached hydrogen (secondary N) is 1. The van der Waals surface area contributed by atoms with Crippen molar-refractivity contribution in [2.24, 2.45) is 5.92 Å². The van der Waals surface area contributed by atoms with Crippen LogP contribution in [-0.4, -0.2) is 6.54 Å². The lowest BCUT2D eigenvalue weighted by Crippen LogP contribution is -2.19. The van der Waals surface area contributed by atoms with E-state index in [1.54, 1.807) is 0 Å². The maximum Gasteiger partial charge on any atom is 0.148 e. The zero-order valence-corrected chi connectivity index (χ0v) is 14.1. The van der Waals surface area contributed by atoms with E-state index < -0.39 is 0 Å². The number of rotatable bonds is 5. The fourth-order valence-corrected chi connectivity index (χ4v) is 3.51. The van der Waals surface area contributed by atoms with E-state index in [0.717, 1.165) is 33.9 Å². The van der Waals surface area contributed by atoms with Gasteiger partial charge in [0, 0.05) is 16.0 Å². The van der Waals surface area contributed by atoms with E-state index in [4.69, 9.17) is 16.0 Å². The van der Waals surface area contributed by atoms with Gasteiger partial charge in [-0.05, 0) is 59.3 Å². The van der Waals surface area contributed by atoms with Crippen molar-refractivity contribution in [3.63, 3.8) is 0 Å². The van der Waals surface area contributed by atoms with Gasteiger partial charge in [-0.25, -0.2) is 0 Å². The Morgan fingerprint density at radius 1 is 1.40 bits per heavy atom. The summed E-state index contributed by atoms with van der Waals surface area (Å²) in [4.78, 5) is 0. The van der Waals surface area contributed by atoms with Crippen molar-refractivity contribution >= 4 is 38.5 Å². The first kappa shape index (κ1) is 14.4. The highest BCUT2D eigenvalue weighted by Crippen LogP contribution is 2.47. The Morgan fingerprint density at radius 3 is 2.80 bits per heavy atom. The summed E-state index contributed by atoms with van der Waals surface area (Å²) in [6.07, 6.45) is 2.52. The van der Waals surface area contributed by atoms with Crippen molar-refractivity contribution in [1.82, 2.24) is 5.32 Å². The van der Waals surface area contributed by atoms with Gasteiger partial charge in [-0.1, -0.05) is 25.4 Å². The lowest BCUT2D eigenvalue weighted by atomic mass is 10.1. The van der Waals surface area contributed by atoms with Gasteiger partial charge in [-0.15, -0.1) is 0 Å². The number of hydrogen-bond donors (Lipinski definition) is 1. The Kier molecular flexibility index (Phi) is 4.11. The molecule has 1 heterocycles. The molecule has 1 N–H and O–H groups in total. The summed E-state index contributed by atoms with van der Waals surface area (Å²) in [7, 11) is 0. The van der Waals surface area contributed by atoms with Crippen molar-refractivity contribution in [3.8, 4) is 0 Å². The summed E-state index contributed by atoms with van der Waals surface area (Å²) in [6.45, 7) is 6.22. The first-order valence-corrected chi connectivity index (χ1v) is 8.34. The highest BCUT2D eigenvalue weighted by atomic mass is 79.9. The minimum atomic E-state index is 0.643. The van der Waals surface area contributed by atoms with Gasteiger partial charge in [-0.3, -0.25) is 0 Å². The minimum Gasteiger partial charge on any atom is -0.458 e. The van der Waals surface area contributed by atoms with Crippen molar-refractivity contribution in [2.75, 3.05) is 6.54 Å². The molecule has 4 heteroatoms. The molecule has 1 fully saturated rings. The Hall–Kier alpha value is -0.510. The van der Waals surface area contributed by atoms with Gasteiger partial charge < -0.3 is 9.73 Å². The van der Waals surface area contributed by atoms with Gasteiger partial charge in [0.05, 0.1) is 11.0 Å². The van der Waals surface area contributed by atoms with Crippen molar-refractivity contribution < 1.29 is 4.42 Å². The van der Waals surface area contributed by atoms with Gasteiger partial charge in [0.25, 0.3) is 0 Å². The molecule has 1 aliphatic carbocycles. The standard InChI is InChI=1S/C16H19BrClNO/c1-9(2)7-19-8-14-15(10-3-4-10)12-5-11(18)6-13(17)16(12)20-14/h5-6,9-10,19H,3-4,7-8H2,1-2H3. The smallest absolute Gasteiger partial charge is 0.148 e. The third-order valence-electron chi connectivity index (χ3n) is 3.65. The molecule has 1 aromatic heterocycles. The highest BCUT2D eigenvalue weighted by molar-refractivity contribution is 9.10. The fourth-order valence-electron chi connectivity index (χ4n) is 2.62. The van der Waals surface area contributed by atoms with Crippen LogP contribution < -0.4 is 5.32 Å². The van der Waals surface area contributed by atoms with E-state index in [0.29, 0.717) is 11.8 Å². The van der Waals surface area contributed by atoms with Crippen LogP contribution in [-0.2, 0) is 6.54 Å². The van der Waals surface area contributed by atoms with E-state index in [1.807, 2.05) is 12.1 Å². The molecule has 2 aromatic rings. The Balaban J connectivity index is 1.98. The normalized spacial score (nSPS) is 15.4. The lowest BCUT2D eigenvalue weighted by molar-refractivity contribution is 0.480. The average Bonchev–Trinajstić information content (AvgIpc) is 3.12. The van der Waals surface area contributed by atoms with Gasteiger partial charge in [0.2, 0.25) is 0 Å². The Labute approximate surface area is 133 Å². The fraction of sp³-hybridized carbons (Fsp3) is 0.500. The monoisotopic (exact) mass is 355 g/mol. The molecule has 1 aromatic carbocycles. The predicted molar refractivity (Wildman–Crippen MR) is 87.4 cm³/mol. The second-order valence-electron chi connectivity index (χ2n) is 6.00. The summed E-state index contributed by atoms with van der Waals surface area (Å²) in [5.74, 6) is 2.37. The highest BCUT2D eigenvalue weighted by Gasteiger charge is 2.31. The van der Waals surface area contributed by atoms with Crippen LogP contribution in [0.2, 0.25) is 5.02 Å². The van der Waals surface area contributed by atoms with Crippen molar-refractivity contribution in [2.45, 2.75) is 39.2 Å². The van der Waals surface area contributed by atoms with Crippen LogP contribution in [0.15, 0.2) is 21.0 Å². The largest absolute Gasteiger partial charge is 0.458 e. The van der Waals surface area contributed by atoms with Crippen LogP contribution in [0.25, 0.3) is 11.0 Å². The van der Waals surface area contributed by atoms with Crippen LogP contribution >= 0.6 is 27.5 Å². The van der Waals surface area contributed by atoms with Crippen LogP contribution in [0.4, 0.5) is 0 Å². The van der Waals surface area contributed by atoms with E-state index in [9.17, 15) is 0 Å². The zero-order valence-electron chi connectivity index (χ0n) is 11.8. The molecule has 1 aliphatic rings. The summed E-state index contributed by atoms with van der Waals surface area (Å²) in [6, 6.07) is 3.93. The second kappa shape index (κ2) is 5.70. The van der Waals surface area contributed by atoms with Gasteiger partial charge in [0.15, 0.2) is 0 Å². The third kappa shape index (κ3) is 2.90. The third-order valence-corrected chi connectivity index (χ3v) is 4.46. The molecular formula is C16H19BrClNO. The first-order valence-electron chi connectivity index (χ1n) is 7.17. The number of halogens is 2. The van der Waals surface area contributed by atoms with Gasteiger partial charge in [0.1, 0.15) is 11.3 Å². The van der Waals surface area contributed by atoms with E-state index in [2.05, 4.69) is 35.1 Å². The summed E-state index contributed by atoms with van der Waals surface area (Å²) < 4.78 is 7.04. The molecule has 0 bridgehead atoms. The molecule has 0 spiro atoms. The number of benzene rings is 1. The van der Waals surface area contributed by atoms with Gasteiger partial charge >= 0.3 is 0 Å². The zero-order chi connectivity index (χ0) is 14.3. The maximum atomic E-state index is 6.19. The van der Waals surface area contributed by atoms with E-state index in [1.165, 1.54) is 23.8 Å². The number of hydrogen-bond acceptors (Lipinski definition) is 2. The average molecular weight is 357 g/mol. The molecule has 0 radical (unpaired) electrons.